The number of carbonyl (C=O) groups is 1. The highest BCUT2D eigenvalue weighted by Gasteiger charge is 2.25. The lowest BCUT2D eigenvalue weighted by Gasteiger charge is -2.33. The molecule has 0 aromatic carbocycles. The average Bonchev–Trinajstić information content (AvgIpc) is 3.22. The topological polar surface area (TPSA) is 85.0 Å². The van der Waals surface area contributed by atoms with E-state index in [4.69, 9.17) is 4.52 Å². The maximum Gasteiger partial charge on any atom is 0.258 e. The molecule has 1 fully saturated rings. The molecule has 1 aliphatic rings. The van der Waals surface area contributed by atoms with Gasteiger partial charge in [-0.15, -0.1) is 0 Å². The second kappa shape index (κ2) is 8.29. The molecule has 28 heavy (non-hydrogen) atoms. The van der Waals surface area contributed by atoms with Crippen molar-refractivity contribution >= 4 is 5.91 Å². The number of piperidine rings is 1. The van der Waals surface area contributed by atoms with Crippen molar-refractivity contribution in [2.75, 3.05) is 13.1 Å². The van der Waals surface area contributed by atoms with Gasteiger partial charge in [0, 0.05) is 49.4 Å². The molecule has 7 nitrogen and oxygen atoms in total. The molecule has 0 radical (unpaired) electrons. The summed E-state index contributed by atoms with van der Waals surface area (Å²) < 4.78 is 5.36. The summed E-state index contributed by atoms with van der Waals surface area (Å²) in [6, 6.07) is 7.37. The molecule has 0 bridgehead atoms. The molecule has 1 unspecified atom stereocenters. The molecule has 3 aromatic rings. The van der Waals surface area contributed by atoms with Crippen LogP contribution in [0.15, 0.2) is 47.4 Å². The van der Waals surface area contributed by atoms with Gasteiger partial charge in [0.1, 0.15) is 0 Å². The lowest BCUT2D eigenvalue weighted by molar-refractivity contribution is 0.0666. The van der Waals surface area contributed by atoms with Gasteiger partial charge in [0.25, 0.3) is 11.8 Å². The molecule has 0 saturated carbocycles. The third-order valence-corrected chi connectivity index (χ3v) is 5.22. The number of aromatic nitrogens is 4. The number of carbonyl (C=O) groups excluding carboxylic acids is 1. The van der Waals surface area contributed by atoms with E-state index in [0.29, 0.717) is 23.2 Å². The molecule has 4 heterocycles. The third kappa shape index (κ3) is 4.08. The predicted octanol–water partition coefficient (Wildman–Crippen LogP) is 3.32. The van der Waals surface area contributed by atoms with E-state index in [0.717, 1.165) is 50.0 Å². The van der Waals surface area contributed by atoms with Gasteiger partial charge in [-0.2, -0.15) is 4.98 Å². The lowest BCUT2D eigenvalue weighted by Crippen LogP contribution is -2.40. The van der Waals surface area contributed by atoms with E-state index in [-0.39, 0.29) is 5.91 Å². The summed E-state index contributed by atoms with van der Waals surface area (Å²) in [7, 11) is 0. The van der Waals surface area contributed by atoms with Crippen LogP contribution in [-0.4, -0.2) is 44.0 Å². The summed E-state index contributed by atoms with van der Waals surface area (Å²) in [4.78, 5) is 27.5. The Bertz CT molecular complexity index is 941. The summed E-state index contributed by atoms with van der Waals surface area (Å²) >= 11 is 0. The Labute approximate surface area is 163 Å². The normalized spacial score (nSPS) is 16.9. The number of hydrogen-bond acceptors (Lipinski definition) is 6. The van der Waals surface area contributed by atoms with Crippen LogP contribution in [-0.2, 0) is 6.42 Å². The van der Waals surface area contributed by atoms with Gasteiger partial charge in [-0.1, -0.05) is 5.16 Å². The van der Waals surface area contributed by atoms with E-state index in [2.05, 4.69) is 20.1 Å². The van der Waals surface area contributed by atoms with Crippen LogP contribution in [0.3, 0.4) is 0 Å². The summed E-state index contributed by atoms with van der Waals surface area (Å²) in [6.07, 6.45) is 8.94. The van der Waals surface area contributed by atoms with Crippen LogP contribution < -0.4 is 0 Å². The van der Waals surface area contributed by atoms with Crippen molar-refractivity contribution in [1.29, 1.82) is 0 Å². The molecule has 144 valence electrons. The Morgan fingerprint density at radius 1 is 1.25 bits per heavy atom. The number of nitrogens with zero attached hydrogens (tertiary/aromatic N) is 5. The Balaban J connectivity index is 1.35. The number of likely N-dealkylation sites (tertiary alicyclic amines) is 1. The van der Waals surface area contributed by atoms with Gasteiger partial charge in [-0.05, 0) is 56.4 Å². The number of pyridine rings is 2. The molecule has 7 heteroatoms. The van der Waals surface area contributed by atoms with E-state index in [9.17, 15) is 4.79 Å². The summed E-state index contributed by atoms with van der Waals surface area (Å²) in [6.45, 7) is 3.45. The fourth-order valence-corrected chi connectivity index (χ4v) is 3.67. The van der Waals surface area contributed by atoms with Gasteiger partial charge in [0.05, 0.1) is 5.56 Å². The van der Waals surface area contributed by atoms with Gasteiger partial charge >= 0.3 is 0 Å². The van der Waals surface area contributed by atoms with E-state index in [1.54, 1.807) is 18.6 Å². The van der Waals surface area contributed by atoms with Crippen LogP contribution in [0, 0.1) is 12.8 Å². The van der Waals surface area contributed by atoms with E-state index >= 15 is 0 Å². The number of amides is 1. The first-order valence-corrected chi connectivity index (χ1v) is 9.64. The molecule has 0 spiro atoms. The fraction of sp³-hybridized carbons (Fsp3) is 0.381. The smallest absolute Gasteiger partial charge is 0.258 e. The lowest BCUT2D eigenvalue weighted by atomic mass is 9.92. The molecule has 4 rings (SSSR count). The van der Waals surface area contributed by atoms with E-state index in [1.165, 1.54) is 0 Å². The van der Waals surface area contributed by atoms with E-state index in [1.807, 2.05) is 36.1 Å². The highest BCUT2D eigenvalue weighted by molar-refractivity contribution is 5.95. The van der Waals surface area contributed by atoms with Crippen molar-refractivity contribution in [3.8, 4) is 11.5 Å². The molecule has 0 N–H and O–H groups in total. The second-order valence-electron chi connectivity index (χ2n) is 7.19. The predicted molar refractivity (Wildman–Crippen MR) is 103 cm³/mol. The summed E-state index contributed by atoms with van der Waals surface area (Å²) in [5, 5.41) is 4.09. The van der Waals surface area contributed by atoms with Crippen molar-refractivity contribution in [2.45, 2.75) is 32.6 Å². The minimum atomic E-state index is 0.0786. The highest BCUT2D eigenvalue weighted by atomic mass is 16.5. The van der Waals surface area contributed by atoms with Crippen molar-refractivity contribution in [2.24, 2.45) is 5.92 Å². The first-order chi connectivity index (χ1) is 13.7. The Morgan fingerprint density at radius 3 is 2.93 bits per heavy atom. The zero-order chi connectivity index (χ0) is 19.3. The fourth-order valence-electron chi connectivity index (χ4n) is 3.67. The largest absolute Gasteiger partial charge is 0.338 e. The standard InChI is InChI=1S/C21H23N5O2/c1-15-18(5-2-10-23-15)21(27)26-13-3-4-16(14-26)6-7-19-24-20(28-25-19)17-8-11-22-12-9-17/h2,5,8-12,16H,3-4,6-7,13-14H2,1H3. The van der Waals surface area contributed by atoms with Gasteiger partial charge in [0.2, 0.25) is 0 Å². The van der Waals surface area contributed by atoms with Crippen LogP contribution in [0.2, 0.25) is 0 Å². The molecule has 3 aromatic heterocycles. The molecule has 1 aliphatic heterocycles. The van der Waals surface area contributed by atoms with Gasteiger partial charge in [0.15, 0.2) is 5.82 Å². The maximum absolute atomic E-state index is 12.8. The van der Waals surface area contributed by atoms with Gasteiger partial charge < -0.3 is 9.42 Å². The van der Waals surface area contributed by atoms with Crippen LogP contribution in [0.5, 0.6) is 0 Å². The van der Waals surface area contributed by atoms with Gasteiger partial charge in [-0.3, -0.25) is 14.8 Å². The number of hydrogen-bond donors (Lipinski definition) is 0. The highest BCUT2D eigenvalue weighted by Crippen LogP contribution is 2.24. The van der Waals surface area contributed by atoms with Crippen LogP contribution in [0.4, 0.5) is 0 Å². The van der Waals surface area contributed by atoms with Crippen LogP contribution in [0.1, 0.15) is 41.1 Å². The first-order valence-electron chi connectivity index (χ1n) is 9.64. The SMILES string of the molecule is Cc1ncccc1C(=O)N1CCCC(CCc2noc(-c3ccncc3)n2)C1. The third-order valence-electron chi connectivity index (χ3n) is 5.22. The molecule has 1 saturated heterocycles. The number of rotatable bonds is 5. The Hall–Kier alpha value is -3.09. The number of aryl methyl sites for hydroxylation is 2. The average molecular weight is 377 g/mol. The molecular weight excluding hydrogens is 354 g/mol. The monoisotopic (exact) mass is 377 g/mol. The van der Waals surface area contributed by atoms with Crippen molar-refractivity contribution in [1.82, 2.24) is 25.0 Å². The first kappa shape index (κ1) is 18.3. The zero-order valence-electron chi connectivity index (χ0n) is 15.9. The zero-order valence-corrected chi connectivity index (χ0v) is 15.9. The van der Waals surface area contributed by atoms with Crippen molar-refractivity contribution in [3.63, 3.8) is 0 Å². The minimum absolute atomic E-state index is 0.0786. The van der Waals surface area contributed by atoms with Crippen LogP contribution >= 0.6 is 0 Å². The minimum Gasteiger partial charge on any atom is -0.338 e. The Kier molecular flexibility index (Phi) is 5.41. The second-order valence-corrected chi connectivity index (χ2v) is 7.19. The van der Waals surface area contributed by atoms with E-state index < -0.39 is 0 Å². The van der Waals surface area contributed by atoms with Gasteiger partial charge in [-0.25, -0.2) is 0 Å². The van der Waals surface area contributed by atoms with Crippen LogP contribution in [0.25, 0.3) is 11.5 Å². The molecular formula is C21H23N5O2. The molecule has 1 atom stereocenters. The Morgan fingerprint density at radius 2 is 2.11 bits per heavy atom. The molecule has 0 aliphatic carbocycles. The summed E-state index contributed by atoms with van der Waals surface area (Å²) in [5.41, 5.74) is 2.35. The quantitative estimate of drug-likeness (QED) is 0.678. The van der Waals surface area contributed by atoms with Crippen molar-refractivity contribution < 1.29 is 9.32 Å². The molecule has 1 amide bonds. The van der Waals surface area contributed by atoms with Crippen molar-refractivity contribution in [3.05, 3.63) is 59.9 Å². The summed E-state index contributed by atoms with van der Waals surface area (Å²) in [5.74, 6) is 1.75. The maximum atomic E-state index is 12.8.